The molecule has 2 aromatic carbocycles. The number of aliphatic hydroxyl groups is 1. The van der Waals surface area contributed by atoms with E-state index in [1.54, 1.807) is 31.2 Å². The minimum atomic E-state index is -4.97. The van der Waals surface area contributed by atoms with Crippen LogP contribution >= 0.6 is 11.6 Å². The first-order valence-corrected chi connectivity index (χ1v) is 11.5. The third-order valence-electron chi connectivity index (χ3n) is 5.31. The number of aliphatic hydroxyl groups excluding tert-OH is 1. The number of alkyl halides is 3. The van der Waals surface area contributed by atoms with Crippen molar-refractivity contribution in [3.05, 3.63) is 75.7 Å². The predicted octanol–water partition coefficient (Wildman–Crippen LogP) is 2.41. The Labute approximate surface area is 217 Å². The van der Waals surface area contributed by atoms with Crippen LogP contribution in [-0.2, 0) is 13.1 Å². The molecule has 0 aliphatic rings. The molecule has 38 heavy (non-hydrogen) atoms. The normalized spacial score (nSPS) is 12.5. The lowest BCUT2D eigenvalue weighted by Gasteiger charge is -2.15. The summed E-state index contributed by atoms with van der Waals surface area (Å²) in [7, 11) is 0. The highest BCUT2D eigenvalue weighted by molar-refractivity contribution is 6.30. The van der Waals surface area contributed by atoms with E-state index in [-0.39, 0.29) is 23.0 Å². The van der Waals surface area contributed by atoms with Crippen LogP contribution in [0.4, 0.5) is 13.2 Å². The van der Waals surface area contributed by atoms with Gasteiger partial charge in [-0.25, -0.2) is 19.1 Å². The van der Waals surface area contributed by atoms with Gasteiger partial charge in [-0.15, -0.1) is 10.2 Å². The fourth-order valence-electron chi connectivity index (χ4n) is 3.59. The summed E-state index contributed by atoms with van der Waals surface area (Å²) in [6.45, 7) is 0.582. The van der Waals surface area contributed by atoms with Crippen molar-refractivity contribution in [1.29, 1.82) is 0 Å². The van der Waals surface area contributed by atoms with Gasteiger partial charge in [-0.05, 0) is 43.3 Å². The number of benzene rings is 2. The third-order valence-corrected chi connectivity index (χ3v) is 5.57. The van der Waals surface area contributed by atoms with Gasteiger partial charge in [0.05, 0.1) is 13.2 Å². The predicted molar refractivity (Wildman–Crippen MR) is 129 cm³/mol. The zero-order valence-corrected chi connectivity index (χ0v) is 20.5. The Hall–Kier alpha value is -4.17. The topological polar surface area (TPSA) is 143 Å². The Bertz CT molecular complexity index is 1510. The highest BCUT2D eigenvalue weighted by Gasteiger charge is 2.39. The molecule has 0 radical (unpaired) electrons. The SMILES string of the molecule is CCOc1ccccc1-n1nc(Cn2nc(-c3ccc(Cl)cc3)n(C[C@@H](O)C(F)(F)F)c2=O)nc1C(N)=O. The van der Waals surface area contributed by atoms with Crippen molar-refractivity contribution in [2.45, 2.75) is 32.3 Å². The molecule has 4 rings (SSSR count). The smallest absolute Gasteiger partial charge is 0.416 e. The fourth-order valence-corrected chi connectivity index (χ4v) is 3.72. The molecule has 1 amide bonds. The van der Waals surface area contributed by atoms with E-state index >= 15 is 0 Å². The van der Waals surface area contributed by atoms with E-state index in [2.05, 4.69) is 15.2 Å². The molecule has 0 saturated heterocycles. The lowest BCUT2D eigenvalue weighted by Crippen LogP contribution is -2.37. The van der Waals surface area contributed by atoms with Crippen LogP contribution in [0.25, 0.3) is 17.1 Å². The molecule has 1 atom stereocenters. The number of carbonyl (C=O) groups excluding carboxylic acids is 1. The van der Waals surface area contributed by atoms with Crippen LogP contribution in [0.1, 0.15) is 23.4 Å². The van der Waals surface area contributed by atoms with E-state index in [0.29, 0.717) is 27.6 Å². The van der Waals surface area contributed by atoms with Crippen molar-refractivity contribution < 1.29 is 27.8 Å². The number of nitrogens with zero attached hydrogens (tertiary/aromatic N) is 6. The number of nitrogens with two attached hydrogens (primary N) is 1. The number of para-hydroxylation sites is 2. The molecule has 2 aromatic heterocycles. The summed E-state index contributed by atoms with van der Waals surface area (Å²) in [4.78, 5) is 29.3. The van der Waals surface area contributed by atoms with Crippen molar-refractivity contribution >= 4 is 17.5 Å². The molecule has 15 heteroatoms. The number of rotatable bonds is 9. The van der Waals surface area contributed by atoms with Gasteiger partial charge in [-0.3, -0.25) is 9.36 Å². The van der Waals surface area contributed by atoms with Gasteiger partial charge in [0.2, 0.25) is 5.82 Å². The molecule has 0 unspecified atom stereocenters. The highest BCUT2D eigenvalue weighted by Crippen LogP contribution is 2.25. The van der Waals surface area contributed by atoms with Gasteiger partial charge in [-0.2, -0.15) is 13.2 Å². The number of primary amides is 1. The number of amides is 1. The van der Waals surface area contributed by atoms with E-state index in [4.69, 9.17) is 22.1 Å². The summed E-state index contributed by atoms with van der Waals surface area (Å²) in [5.74, 6) is -1.00. The minimum Gasteiger partial charge on any atom is -0.492 e. The van der Waals surface area contributed by atoms with Crippen LogP contribution in [0.2, 0.25) is 5.02 Å². The van der Waals surface area contributed by atoms with E-state index in [1.165, 1.54) is 24.3 Å². The van der Waals surface area contributed by atoms with Gasteiger partial charge in [-0.1, -0.05) is 23.7 Å². The van der Waals surface area contributed by atoms with Gasteiger partial charge in [0.15, 0.2) is 17.8 Å². The molecule has 11 nitrogen and oxygen atoms in total. The number of aromatic nitrogens is 6. The Morgan fingerprint density at radius 1 is 1.16 bits per heavy atom. The summed E-state index contributed by atoms with van der Waals surface area (Å²) >= 11 is 5.90. The van der Waals surface area contributed by atoms with E-state index in [1.807, 2.05) is 0 Å². The van der Waals surface area contributed by atoms with Crippen molar-refractivity contribution in [3.8, 4) is 22.8 Å². The second-order valence-corrected chi connectivity index (χ2v) is 8.40. The first-order chi connectivity index (χ1) is 18.0. The molecular weight excluding hydrogens is 531 g/mol. The minimum absolute atomic E-state index is 0.0733. The fraction of sp³-hybridized carbons (Fsp3) is 0.261. The Morgan fingerprint density at radius 2 is 1.84 bits per heavy atom. The van der Waals surface area contributed by atoms with Gasteiger partial charge < -0.3 is 15.6 Å². The number of ether oxygens (including phenoxy) is 1. The average Bonchev–Trinajstić information content (AvgIpc) is 3.42. The molecular formula is C23H21ClF3N7O4. The standard InChI is InChI=1S/C23H21ClF3N7O4/c1-2-38-16-6-4-3-5-15(16)34-21(19(28)36)29-18(30-34)12-33-22(37)32(11-17(35)23(25,26)27)20(31-33)13-7-9-14(24)10-8-13/h3-10,17,35H,2,11-12H2,1H3,(H2,28,36)/t17-/m1/s1. The molecule has 0 saturated carbocycles. The van der Waals surface area contributed by atoms with E-state index in [0.717, 1.165) is 9.36 Å². The molecule has 0 spiro atoms. The summed E-state index contributed by atoms with van der Waals surface area (Å²) in [6, 6.07) is 12.6. The first kappa shape index (κ1) is 26.9. The Kier molecular flexibility index (Phi) is 7.55. The van der Waals surface area contributed by atoms with Crippen molar-refractivity contribution in [3.63, 3.8) is 0 Å². The zero-order chi connectivity index (χ0) is 27.6. The number of carbonyl (C=O) groups is 1. The molecule has 0 fully saturated rings. The molecule has 3 N–H and O–H groups in total. The van der Waals surface area contributed by atoms with Crippen molar-refractivity contribution in [2.75, 3.05) is 6.61 Å². The van der Waals surface area contributed by atoms with Gasteiger partial charge in [0.1, 0.15) is 18.0 Å². The zero-order valence-electron chi connectivity index (χ0n) is 19.8. The number of halogens is 4. The Balaban J connectivity index is 1.78. The number of hydrogen-bond donors (Lipinski definition) is 2. The van der Waals surface area contributed by atoms with Crippen LogP contribution in [0.15, 0.2) is 53.3 Å². The maximum atomic E-state index is 13.1. The lowest BCUT2D eigenvalue weighted by molar-refractivity contribution is -0.207. The van der Waals surface area contributed by atoms with Crippen LogP contribution in [0.3, 0.4) is 0 Å². The molecule has 0 bridgehead atoms. The molecule has 0 aliphatic carbocycles. The van der Waals surface area contributed by atoms with Gasteiger partial charge in [0, 0.05) is 10.6 Å². The summed E-state index contributed by atoms with van der Waals surface area (Å²) < 4.78 is 47.5. The summed E-state index contributed by atoms with van der Waals surface area (Å²) in [6.07, 6.45) is -7.79. The van der Waals surface area contributed by atoms with E-state index in [9.17, 15) is 27.9 Å². The van der Waals surface area contributed by atoms with E-state index < -0.39 is 37.0 Å². The van der Waals surface area contributed by atoms with Crippen LogP contribution in [0.5, 0.6) is 5.75 Å². The quantitative estimate of drug-likeness (QED) is 0.325. The first-order valence-electron chi connectivity index (χ1n) is 11.2. The Morgan fingerprint density at radius 3 is 2.47 bits per heavy atom. The maximum Gasteiger partial charge on any atom is 0.416 e. The molecule has 4 aromatic rings. The van der Waals surface area contributed by atoms with Crippen molar-refractivity contribution in [1.82, 2.24) is 29.1 Å². The van der Waals surface area contributed by atoms with Gasteiger partial charge >= 0.3 is 11.9 Å². The second kappa shape index (κ2) is 10.7. The van der Waals surface area contributed by atoms with Crippen LogP contribution in [-0.4, -0.2) is 59.0 Å². The van der Waals surface area contributed by atoms with Gasteiger partial charge in [0.25, 0.3) is 5.91 Å². The average molecular weight is 552 g/mol. The molecule has 200 valence electrons. The van der Waals surface area contributed by atoms with Crippen molar-refractivity contribution in [2.24, 2.45) is 5.73 Å². The van der Waals surface area contributed by atoms with Crippen LogP contribution in [0, 0.1) is 0 Å². The number of hydrogen-bond acceptors (Lipinski definition) is 7. The summed E-state index contributed by atoms with van der Waals surface area (Å²) in [5, 5.41) is 18.4. The van der Waals surface area contributed by atoms with Crippen LogP contribution < -0.4 is 16.2 Å². The third kappa shape index (κ3) is 5.55. The molecule has 0 aliphatic heterocycles. The largest absolute Gasteiger partial charge is 0.492 e. The lowest BCUT2D eigenvalue weighted by atomic mass is 10.2. The monoisotopic (exact) mass is 551 g/mol. The highest BCUT2D eigenvalue weighted by atomic mass is 35.5. The summed E-state index contributed by atoms with van der Waals surface area (Å²) in [5.41, 5.74) is 5.16. The second-order valence-electron chi connectivity index (χ2n) is 7.97. The maximum absolute atomic E-state index is 13.1. The molecule has 2 heterocycles.